The first kappa shape index (κ1) is 17.0. The maximum Gasteiger partial charge on any atom is 0.410 e. The van der Waals surface area contributed by atoms with Gasteiger partial charge in [-0.1, -0.05) is 0 Å². The zero-order valence-corrected chi connectivity index (χ0v) is 13.7. The molecule has 8 nitrogen and oxygen atoms in total. The van der Waals surface area contributed by atoms with Crippen LogP contribution in [0.15, 0.2) is 12.1 Å². The van der Waals surface area contributed by atoms with Gasteiger partial charge in [0.2, 0.25) is 0 Å². The van der Waals surface area contributed by atoms with Crippen molar-refractivity contribution in [3.8, 4) is 0 Å². The van der Waals surface area contributed by atoms with Gasteiger partial charge in [-0.15, -0.1) is 10.2 Å². The molecule has 8 heteroatoms. The number of ether oxygens (including phenoxy) is 1. The highest BCUT2D eigenvalue weighted by molar-refractivity contribution is 5.85. The van der Waals surface area contributed by atoms with Gasteiger partial charge in [0.15, 0.2) is 11.5 Å². The Morgan fingerprint density at radius 3 is 2.43 bits per heavy atom. The number of rotatable bonds is 2. The molecule has 1 saturated heterocycles. The molecule has 126 valence electrons. The SMILES string of the molecule is CC(C)(C)OC(=O)N1CCCN(c2ccc(C(=O)O)nn2)CC1. The van der Waals surface area contributed by atoms with Gasteiger partial charge in [-0.3, -0.25) is 0 Å². The molecule has 0 aromatic carbocycles. The van der Waals surface area contributed by atoms with Crippen molar-refractivity contribution in [2.45, 2.75) is 32.8 Å². The first-order valence-corrected chi connectivity index (χ1v) is 7.56. The maximum atomic E-state index is 12.1. The lowest BCUT2D eigenvalue weighted by atomic mass is 10.2. The van der Waals surface area contributed by atoms with E-state index in [0.29, 0.717) is 25.5 Å². The molecule has 0 spiro atoms. The van der Waals surface area contributed by atoms with Crippen molar-refractivity contribution >= 4 is 17.9 Å². The molecule has 0 atom stereocenters. The van der Waals surface area contributed by atoms with Crippen molar-refractivity contribution in [3.63, 3.8) is 0 Å². The van der Waals surface area contributed by atoms with Crippen LogP contribution in [0.25, 0.3) is 0 Å². The molecular weight excluding hydrogens is 300 g/mol. The molecule has 0 radical (unpaired) electrons. The highest BCUT2D eigenvalue weighted by Crippen LogP contribution is 2.15. The number of hydrogen-bond donors (Lipinski definition) is 1. The smallest absolute Gasteiger partial charge is 0.410 e. The van der Waals surface area contributed by atoms with Crippen LogP contribution in [0.1, 0.15) is 37.7 Å². The average Bonchev–Trinajstić information content (AvgIpc) is 2.71. The monoisotopic (exact) mass is 322 g/mol. The van der Waals surface area contributed by atoms with E-state index in [9.17, 15) is 9.59 Å². The lowest BCUT2D eigenvalue weighted by molar-refractivity contribution is 0.0263. The van der Waals surface area contributed by atoms with Crippen molar-refractivity contribution in [1.29, 1.82) is 0 Å². The van der Waals surface area contributed by atoms with Crippen LogP contribution >= 0.6 is 0 Å². The summed E-state index contributed by atoms with van der Waals surface area (Å²) < 4.78 is 5.39. The molecular formula is C15H22N4O4. The largest absolute Gasteiger partial charge is 0.476 e. The fraction of sp³-hybridized carbons (Fsp3) is 0.600. The van der Waals surface area contributed by atoms with Crippen LogP contribution < -0.4 is 4.90 Å². The molecule has 1 aromatic rings. The van der Waals surface area contributed by atoms with Crippen LogP contribution in [0.2, 0.25) is 0 Å². The summed E-state index contributed by atoms with van der Waals surface area (Å²) in [5, 5.41) is 16.5. The summed E-state index contributed by atoms with van der Waals surface area (Å²) >= 11 is 0. The zero-order chi connectivity index (χ0) is 17.0. The molecule has 1 aliphatic heterocycles. The number of amides is 1. The van der Waals surface area contributed by atoms with Crippen LogP contribution in [-0.2, 0) is 4.74 Å². The minimum absolute atomic E-state index is 0.0843. The first-order valence-electron chi connectivity index (χ1n) is 7.56. The Morgan fingerprint density at radius 1 is 1.13 bits per heavy atom. The molecule has 0 unspecified atom stereocenters. The summed E-state index contributed by atoms with van der Waals surface area (Å²) in [5.74, 6) is -0.489. The van der Waals surface area contributed by atoms with Crippen LogP contribution in [0.5, 0.6) is 0 Å². The summed E-state index contributed by atoms with van der Waals surface area (Å²) in [6, 6.07) is 3.07. The van der Waals surface area contributed by atoms with Crippen LogP contribution in [0.3, 0.4) is 0 Å². The highest BCUT2D eigenvalue weighted by atomic mass is 16.6. The van der Waals surface area contributed by atoms with Gasteiger partial charge in [-0.05, 0) is 39.3 Å². The molecule has 1 N–H and O–H groups in total. The van der Waals surface area contributed by atoms with E-state index in [1.165, 1.54) is 6.07 Å². The summed E-state index contributed by atoms with van der Waals surface area (Å²) in [6.07, 6.45) is 0.466. The van der Waals surface area contributed by atoms with Crippen LogP contribution in [0.4, 0.5) is 10.6 Å². The fourth-order valence-corrected chi connectivity index (χ4v) is 2.26. The minimum Gasteiger partial charge on any atom is -0.476 e. The molecule has 1 fully saturated rings. The van der Waals surface area contributed by atoms with E-state index >= 15 is 0 Å². The normalized spacial score (nSPS) is 16.0. The molecule has 0 bridgehead atoms. The third kappa shape index (κ3) is 4.80. The van der Waals surface area contributed by atoms with E-state index in [-0.39, 0.29) is 11.8 Å². The molecule has 1 amide bonds. The van der Waals surface area contributed by atoms with Gasteiger partial charge in [0, 0.05) is 26.2 Å². The van der Waals surface area contributed by atoms with Gasteiger partial charge < -0.3 is 19.6 Å². The predicted octanol–water partition coefficient (Wildman–Crippen LogP) is 1.62. The standard InChI is InChI=1S/C15H22N4O4/c1-15(2,3)23-14(22)19-8-4-7-18(9-10-19)12-6-5-11(13(20)21)16-17-12/h5-6H,4,7-10H2,1-3H3,(H,20,21). The van der Waals surface area contributed by atoms with Gasteiger partial charge in [-0.2, -0.15) is 0 Å². The van der Waals surface area contributed by atoms with Crippen molar-refractivity contribution in [3.05, 3.63) is 17.8 Å². The summed E-state index contributed by atoms with van der Waals surface area (Å²) in [5.41, 5.74) is -0.597. The third-order valence-electron chi connectivity index (χ3n) is 3.34. The fourth-order valence-electron chi connectivity index (χ4n) is 2.26. The zero-order valence-electron chi connectivity index (χ0n) is 13.7. The number of carbonyl (C=O) groups is 2. The Morgan fingerprint density at radius 2 is 1.87 bits per heavy atom. The quantitative estimate of drug-likeness (QED) is 0.883. The van der Waals surface area contributed by atoms with Crippen molar-refractivity contribution < 1.29 is 19.4 Å². The second-order valence-electron chi connectivity index (χ2n) is 6.39. The van der Waals surface area contributed by atoms with Crippen LogP contribution in [0, 0.1) is 0 Å². The Balaban J connectivity index is 1.98. The Labute approximate surface area is 135 Å². The number of carbonyl (C=O) groups excluding carboxylic acids is 1. The lowest BCUT2D eigenvalue weighted by Gasteiger charge is -2.26. The minimum atomic E-state index is -1.10. The van der Waals surface area contributed by atoms with E-state index in [0.717, 1.165) is 13.0 Å². The number of aromatic carboxylic acids is 1. The van der Waals surface area contributed by atoms with Gasteiger partial charge in [0.1, 0.15) is 5.60 Å². The summed E-state index contributed by atoms with van der Waals surface area (Å²) in [7, 11) is 0. The number of hydrogen-bond acceptors (Lipinski definition) is 6. The van der Waals surface area contributed by atoms with Gasteiger partial charge in [0.05, 0.1) is 0 Å². The number of anilines is 1. The Kier molecular flexibility index (Phi) is 5.02. The van der Waals surface area contributed by atoms with Gasteiger partial charge >= 0.3 is 12.1 Å². The van der Waals surface area contributed by atoms with Gasteiger partial charge in [0.25, 0.3) is 0 Å². The van der Waals surface area contributed by atoms with Crippen molar-refractivity contribution in [2.24, 2.45) is 0 Å². The molecule has 1 aliphatic rings. The van der Waals surface area contributed by atoms with E-state index in [1.54, 1.807) is 11.0 Å². The summed E-state index contributed by atoms with van der Waals surface area (Å²) in [4.78, 5) is 26.6. The van der Waals surface area contributed by atoms with Crippen molar-refractivity contribution in [2.75, 3.05) is 31.1 Å². The van der Waals surface area contributed by atoms with E-state index in [4.69, 9.17) is 9.84 Å². The molecule has 0 aliphatic carbocycles. The number of carboxylic acids is 1. The summed E-state index contributed by atoms with van der Waals surface area (Å²) in [6.45, 7) is 7.99. The van der Waals surface area contributed by atoms with Gasteiger partial charge in [-0.25, -0.2) is 9.59 Å². The van der Waals surface area contributed by atoms with E-state index < -0.39 is 11.6 Å². The maximum absolute atomic E-state index is 12.1. The van der Waals surface area contributed by atoms with Crippen LogP contribution in [-0.4, -0.2) is 64.0 Å². The van der Waals surface area contributed by atoms with E-state index in [1.807, 2.05) is 25.7 Å². The molecule has 23 heavy (non-hydrogen) atoms. The average molecular weight is 322 g/mol. The van der Waals surface area contributed by atoms with E-state index in [2.05, 4.69) is 10.2 Å². The highest BCUT2D eigenvalue weighted by Gasteiger charge is 2.25. The number of aromatic nitrogens is 2. The third-order valence-corrected chi connectivity index (χ3v) is 3.34. The predicted molar refractivity (Wildman–Crippen MR) is 83.6 cm³/mol. The Bertz CT molecular complexity index is 568. The second-order valence-corrected chi connectivity index (χ2v) is 6.39. The molecule has 1 aromatic heterocycles. The Hall–Kier alpha value is -2.38. The molecule has 2 heterocycles. The second kappa shape index (κ2) is 6.80. The van der Waals surface area contributed by atoms with Crippen molar-refractivity contribution in [1.82, 2.24) is 15.1 Å². The number of nitrogens with zero attached hydrogens (tertiary/aromatic N) is 4. The molecule has 0 saturated carbocycles. The lowest BCUT2D eigenvalue weighted by Crippen LogP contribution is -2.39. The number of carboxylic acid groups (broad SMARTS) is 1. The molecule has 2 rings (SSSR count). The first-order chi connectivity index (χ1) is 10.8. The topological polar surface area (TPSA) is 95.9 Å².